The molecule has 2 N–H and O–H groups in total. The first-order valence-corrected chi connectivity index (χ1v) is 6.95. The number of morpholine rings is 1. The number of hydrogen-bond donors (Lipinski definition) is 1. The highest BCUT2D eigenvalue weighted by Crippen LogP contribution is 2.14. The van der Waals surface area contributed by atoms with Crippen LogP contribution in [0.3, 0.4) is 0 Å². The summed E-state index contributed by atoms with van der Waals surface area (Å²) < 4.78 is 5.77. The first-order chi connectivity index (χ1) is 8.56. The zero-order valence-electron chi connectivity index (χ0n) is 11.5. The van der Waals surface area contributed by atoms with E-state index in [-0.39, 0.29) is 18.1 Å². The van der Waals surface area contributed by atoms with Crippen LogP contribution in [0.15, 0.2) is 0 Å². The molecule has 2 aliphatic heterocycles. The number of nitrogens with zero attached hydrogens (tertiary/aromatic N) is 2. The Kier molecular flexibility index (Phi) is 4.59. The summed E-state index contributed by atoms with van der Waals surface area (Å²) in [5, 5.41) is 0. The molecule has 2 atom stereocenters. The van der Waals surface area contributed by atoms with Crippen LogP contribution in [0.4, 0.5) is 0 Å². The summed E-state index contributed by atoms with van der Waals surface area (Å²) in [4.78, 5) is 16.1. The van der Waals surface area contributed by atoms with Gasteiger partial charge in [-0.15, -0.1) is 0 Å². The van der Waals surface area contributed by atoms with Crippen molar-refractivity contribution in [1.29, 1.82) is 0 Å². The molecule has 2 aliphatic rings. The quantitative estimate of drug-likeness (QED) is 0.774. The van der Waals surface area contributed by atoms with Gasteiger partial charge in [0.1, 0.15) is 0 Å². The van der Waals surface area contributed by atoms with Crippen molar-refractivity contribution in [2.24, 2.45) is 5.73 Å². The summed E-state index contributed by atoms with van der Waals surface area (Å²) in [6.45, 7) is 8.43. The largest absolute Gasteiger partial charge is 0.374 e. The Morgan fingerprint density at radius 2 is 2.22 bits per heavy atom. The van der Waals surface area contributed by atoms with Gasteiger partial charge in [0, 0.05) is 44.7 Å². The van der Waals surface area contributed by atoms with E-state index in [4.69, 9.17) is 10.5 Å². The molecule has 2 fully saturated rings. The van der Waals surface area contributed by atoms with Crippen molar-refractivity contribution in [3.05, 3.63) is 0 Å². The minimum atomic E-state index is 0.132. The van der Waals surface area contributed by atoms with Crippen molar-refractivity contribution < 1.29 is 9.53 Å². The van der Waals surface area contributed by atoms with Gasteiger partial charge >= 0.3 is 0 Å². The molecule has 0 aliphatic carbocycles. The maximum Gasteiger partial charge on any atom is 0.222 e. The zero-order chi connectivity index (χ0) is 13.1. The van der Waals surface area contributed by atoms with Gasteiger partial charge in [0.2, 0.25) is 5.91 Å². The number of piperidine rings is 1. The van der Waals surface area contributed by atoms with Crippen molar-refractivity contribution in [1.82, 2.24) is 9.80 Å². The van der Waals surface area contributed by atoms with E-state index < -0.39 is 0 Å². The second-order valence-corrected chi connectivity index (χ2v) is 5.68. The number of carbonyl (C=O) groups is 1. The summed E-state index contributed by atoms with van der Waals surface area (Å²) in [6, 6.07) is 0.670. The average Bonchev–Trinajstić information content (AvgIpc) is 2.34. The van der Waals surface area contributed by atoms with E-state index in [1.807, 2.05) is 4.90 Å². The highest BCUT2D eigenvalue weighted by atomic mass is 16.5. The molecule has 0 spiro atoms. The van der Waals surface area contributed by atoms with Crippen molar-refractivity contribution in [2.45, 2.75) is 44.9 Å². The lowest BCUT2D eigenvalue weighted by molar-refractivity contribution is -0.137. The number of carbonyl (C=O) groups excluding carboxylic acids is 1. The van der Waals surface area contributed by atoms with Crippen molar-refractivity contribution in [3.63, 3.8) is 0 Å². The van der Waals surface area contributed by atoms with E-state index in [0.29, 0.717) is 25.6 Å². The average molecular weight is 255 g/mol. The Labute approximate surface area is 109 Å². The van der Waals surface area contributed by atoms with Crippen LogP contribution in [0.25, 0.3) is 0 Å². The van der Waals surface area contributed by atoms with Crippen LogP contribution < -0.4 is 5.73 Å². The van der Waals surface area contributed by atoms with Gasteiger partial charge in [0.25, 0.3) is 0 Å². The van der Waals surface area contributed by atoms with E-state index in [0.717, 1.165) is 26.1 Å². The number of rotatable bonds is 3. The van der Waals surface area contributed by atoms with Gasteiger partial charge in [0.05, 0.1) is 12.7 Å². The van der Waals surface area contributed by atoms with E-state index in [9.17, 15) is 4.79 Å². The van der Waals surface area contributed by atoms with Crippen LogP contribution in [0.5, 0.6) is 0 Å². The van der Waals surface area contributed by atoms with Crippen LogP contribution in [-0.2, 0) is 9.53 Å². The molecule has 2 unspecified atom stereocenters. The fourth-order valence-corrected chi connectivity index (χ4v) is 2.69. The number of hydrogen-bond acceptors (Lipinski definition) is 4. The van der Waals surface area contributed by atoms with E-state index in [1.54, 1.807) is 0 Å². The third-order valence-electron chi connectivity index (χ3n) is 3.86. The Bertz CT molecular complexity index is 296. The van der Waals surface area contributed by atoms with Gasteiger partial charge in [-0.1, -0.05) is 0 Å². The van der Waals surface area contributed by atoms with Crippen LogP contribution in [-0.4, -0.2) is 66.7 Å². The predicted octanol–water partition coefficient (Wildman–Crippen LogP) is 0.0453. The van der Waals surface area contributed by atoms with Gasteiger partial charge in [-0.3, -0.25) is 9.69 Å². The van der Waals surface area contributed by atoms with Crippen molar-refractivity contribution >= 4 is 5.91 Å². The lowest BCUT2D eigenvalue weighted by Gasteiger charge is -2.39. The molecular formula is C13H25N3O2. The molecule has 2 saturated heterocycles. The van der Waals surface area contributed by atoms with Gasteiger partial charge in [0.15, 0.2) is 0 Å². The molecule has 2 rings (SSSR count). The monoisotopic (exact) mass is 255 g/mol. The maximum absolute atomic E-state index is 11.8. The summed E-state index contributed by atoms with van der Waals surface area (Å²) in [7, 11) is 0. The van der Waals surface area contributed by atoms with Crippen molar-refractivity contribution in [3.8, 4) is 0 Å². The second-order valence-electron chi connectivity index (χ2n) is 5.68. The number of ether oxygens (including phenoxy) is 1. The van der Waals surface area contributed by atoms with E-state index in [2.05, 4.69) is 18.7 Å². The van der Waals surface area contributed by atoms with Crippen LogP contribution >= 0.6 is 0 Å². The minimum absolute atomic E-state index is 0.132. The first kappa shape index (κ1) is 13.8. The van der Waals surface area contributed by atoms with Crippen molar-refractivity contribution in [2.75, 3.05) is 32.8 Å². The molecule has 104 valence electrons. The van der Waals surface area contributed by atoms with Crippen LogP contribution in [0, 0.1) is 0 Å². The summed E-state index contributed by atoms with van der Waals surface area (Å²) in [5.41, 5.74) is 5.92. The lowest BCUT2D eigenvalue weighted by Crippen LogP contribution is -2.54. The number of likely N-dealkylation sites (tertiary alicyclic amines) is 1. The fourth-order valence-electron chi connectivity index (χ4n) is 2.69. The Morgan fingerprint density at radius 1 is 1.44 bits per heavy atom. The van der Waals surface area contributed by atoms with E-state index >= 15 is 0 Å². The third-order valence-corrected chi connectivity index (χ3v) is 3.86. The molecule has 5 nitrogen and oxygen atoms in total. The maximum atomic E-state index is 11.8. The highest BCUT2D eigenvalue weighted by molar-refractivity contribution is 5.77. The van der Waals surface area contributed by atoms with Crippen LogP contribution in [0.1, 0.15) is 26.7 Å². The SMILES string of the molecule is CC(C)N1CCOC(CN2CC(N)CCC2=O)C1. The van der Waals surface area contributed by atoms with Gasteiger partial charge in [-0.25, -0.2) is 0 Å². The smallest absolute Gasteiger partial charge is 0.222 e. The molecule has 2 heterocycles. The molecule has 0 aromatic rings. The first-order valence-electron chi connectivity index (χ1n) is 6.95. The summed E-state index contributed by atoms with van der Waals surface area (Å²) in [5.74, 6) is 0.224. The van der Waals surface area contributed by atoms with Gasteiger partial charge < -0.3 is 15.4 Å². The zero-order valence-corrected chi connectivity index (χ0v) is 11.5. The van der Waals surface area contributed by atoms with Crippen LogP contribution in [0.2, 0.25) is 0 Å². The molecule has 0 saturated carbocycles. The number of amides is 1. The predicted molar refractivity (Wildman–Crippen MR) is 70.2 cm³/mol. The molecule has 0 aromatic carbocycles. The molecule has 0 radical (unpaired) electrons. The molecule has 1 amide bonds. The Hall–Kier alpha value is -0.650. The Balaban J connectivity index is 1.86. The van der Waals surface area contributed by atoms with Gasteiger partial charge in [-0.05, 0) is 20.3 Å². The topological polar surface area (TPSA) is 58.8 Å². The summed E-state index contributed by atoms with van der Waals surface area (Å²) in [6.07, 6.45) is 1.54. The molecule has 0 aromatic heterocycles. The fraction of sp³-hybridized carbons (Fsp3) is 0.923. The highest BCUT2D eigenvalue weighted by Gasteiger charge is 2.29. The number of nitrogens with two attached hydrogens (primary N) is 1. The third kappa shape index (κ3) is 3.43. The molecule has 0 bridgehead atoms. The molecule has 5 heteroatoms. The normalized spacial score (nSPS) is 31.1. The lowest BCUT2D eigenvalue weighted by atomic mass is 10.1. The van der Waals surface area contributed by atoms with E-state index in [1.165, 1.54) is 0 Å². The second kappa shape index (κ2) is 5.99. The standard InChI is InChI=1S/C13H25N3O2/c1-10(2)15-5-6-18-12(8-15)9-16-7-11(14)3-4-13(16)17/h10-12H,3-9,14H2,1-2H3. The van der Waals surface area contributed by atoms with Gasteiger partial charge in [-0.2, -0.15) is 0 Å². The summed E-state index contributed by atoms with van der Waals surface area (Å²) >= 11 is 0. The Morgan fingerprint density at radius 3 is 2.94 bits per heavy atom. The molecular weight excluding hydrogens is 230 g/mol. The minimum Gasteiger partial charge on any atom is -0.374 e. The molecule has 18 heavy (non-hydrogen) atoms.